The second-order valence-electron chi connectivity index (χ2n) is 10.8. The van der Waals surface area contributed by atoms with Crippen LogP contribution in [0, 0.1) is 6.07 Å². The molecule has 5 aromatic carbocycles. The van der Waals surface area contributed by atoms with Crippen molar-refractivity contribution in [3.63, 3.8) is 0 Å². The topological polar surface area (TPSA) is 0 Å². The molecule has 4 heteroatoms. The third-order valence-corrected chi connectivity index (χ3v) is 8.15. The maximum atomic E-state index is 4.93. The van der Waals surface area contributed by atoms with Crippen molar-refractivity contribution in [2.24, 2.45) is 0 Å². The Balaban J connectivity index is 0.000000177. The second kappa shape index (κ2) is 13.0. The number of benzene rings is 4. The van der Waals surface area contributed by atoms with Gasteiger partial charge in [-0.15, -0.1) is 40.1 Å². The van der Waals surface area contributed by atoms with E-state index in [1.54, 1.807) is 0 Å². The van der Waals surface area contributed by atoms with Crippen LogP contribution in [-0.4, -0.2) is 9.52 Å². The van der Waals surface area contributed by atoms with Crippen LogP contribution in [0.4, 0.5) is 0 Å². The number of rotatable bonds is 2. The summed E-state index contributed by atoms with van der Waals surface area (Å²) in [5, 5.41) is 5.57. The Morgan fingerprint density at radius 3 is 2.18 bits per heavy atom. The van der Waals surface area contributed by atoms with Crippen LogP contribution in [0.2, 0.25) is 0 Å². The summed E-state index contributed by atoms with van der Waals surface area (Å²) >= 11 is -0.826. The fourth-order valence-corrected chi connectivity index (χ4v) is 6.22. The molecular weight excluding hydrogens is 599 g/mol. The van der Waals surface area contributed by atoms with Gasteiger partial charge in [-0.05, 0) is 16.9 Å². The van der Waals surface area contributed by atoms with Crippen molar-refractivity contribution in [1.29, 1.82) is 0 Å². The molecule has 190 valence electrons. The van der Waals surface area contributed by atoms with Gasteiger partial charge in [0.2, 0.25) is 0 Å². The molecule has 0 fully saturated rings. The molecular formula is C34H32Cl2SiZr. The van der Waals surface area contributed by atoms with E-state index in [4.69, 9.17) is 17.0 Å². The van der Waals surface area contributed by atoms with Crippen LogP contribution < -0.4 is 10.4 Å². The SMILES string of the molecule is CC(C)c1cc2c(-c3ccccc3)c(C(C)(C)C)ccc2[cH-]1.[Cl][Zr+2][Cl].[c-]1cccc2c1[Si]c1ccccc1-2. The standard InChI is InChI=1S/C22H25.C12H7Si.2ClH.Zr/c1-15(2)18-13-17-11-12-20(22(3,4)5)21(19(17)14-18)16-9-7-6-8-10-16;1-3-7-11-9(5-1)10-6-2-4-8-12(10)13-11;;;/h6-15H,1-5H3;1-7H;2*1H;/q2*-1;;;+4/p-2. The molecule has 0 unspecified atom stereocenters. The molecule has 38 heavy (non-hydrogen) atoms. The molecule has 0 saturated carbocycles. The van der Waals surface area contributed by atoms with E-state index in [-0.39, 0.29) is 5.41 Å². The van der Waals surface area contributed by atoms with Crippen molar-refractivity contribution in [3.05, 3.63) is 114 Å². The van der Waals surface area contributed by atoms with E-state index in [0.29, 0.717) is 5.92 Å². The molecule has 0 N–H and O–H groups in total. The fourth-order valence-electron chi connectivity index (χ4n) is 4.91. The van der Waals surface area contributed by atoms with Crippen LogP contribution in [0.3, 0.4) is 0 Å². The number of halogens is 2. The smallest absolute Gasteiger partial charge is 0.0920 e. The molecule has 1 aliphatic rings. The Kier molecular flexibility index (Phi) is 9.99. The molecule has 0 nitrogen and oxygen atoms in total. The third kappa shape index (κ3) is 6.65. The predicted molar refractivity (Wildman–Crippen MR) is 165 cm³/mol. The van der Waals surface area contributed by atoms with E-state index in [2.05, 4.69) is 132 Å². The first kappa shape index (κ1) is 29.2. The molecule has 0 saturated heterocycles. The van der Waals surface area contributed by atoms with Crippen LogP contribution >= 0.6 is 17.0 Å². The Hall–Kier alpha value is -1.83. The van der Waals surface area contributed by atoms with Gasteiger partial charge in [-0.3, -0.25) is 0 Å². The normalized spacial score (nSPS) is 11.6. The zero-order valence-electron chi connectivity index (χ0n) is 22.6. The van der Waals surface area contributed by atoms with E-state index < -0.39 is 20.8 Å². The average molecular weight is 631 g/mol. The summed E-state index contributed by atoms with van der Waals surface area (Å²) in [6.07, 6.45) is 0. The van der Waals surface area contributed by atoms with Gasteiger partial charge < -0.3 is 0 Å². The van der Waals surface area contributed by atoms with E-state index in [1.165, 1.54) is 54.5 Å². The summed E-state index contributed by atoms with van der Waals surface area (Å²) in [4.78, 5) is 0. The Bertz CT molecular complexity index is 1450. The average Bonchev–Trinajstić information content (AvgIpc) is 3.51. The van der Waals surface area contributed by atoms with Crippen LogP contribution in [0.5, 0.6) is 0 Å². The molecule has 6 rings (SSSR count). The summed E-state index contributed by atoms with van der Waals surface area (Å²) in [5.74, 6) is 0.564. The summed E-state index contributed by atoms with van der Waals surface area (Å²) in [6.45, 7) is 11.4. The first-order valence-corrected chi connectivity index (χ1v) is 20.2. The molecule has 5 aromatic rings. The van der Waals surface area contributed by atoms with Crippen LogP contribution in [0.15, 0.2) is 97.1 Å². The summed E-state index contributed by atoms with van der Waals surface area (Å²) in [7, 11) is 10.7. The van der Waals surface area contributed by atoms with Gasteiger partial charge in [-0.2, -0.15) is 35.5 Å². The Morgan fingerprint density at radius 2 is 1.50 bits per heavy atom. The molecule has 2 radical (unpaired) electrons. The molecule has 0 atom stereocenters. The van der Waals surface area contributed by atoms with E-state index in [0.717, 1.165) is 9.52 Å². The van der Waals surface area contributed by atoms with Crippen molar-refractivity contribution in [2.75, 3.05) is 0 Å². The first-order valence-electron chi connectivity index (χ1n) is 12.9. The number of hydrogen-bond donors (Lipinski definition) is 0. The van der Waals surface area contributed by atoms with Gasteiger partial charge in [0.25, 0.3) is 0 Å². The third-order valence-electron chi connectivity index (χ3n) is 6.78. The van der Waals surface area contributed by atoms with Crippen LogP contribution in [0.1, 0.15) is 51.7 Å². The Morgan fingerprint density at radius 1 is 0.842 bits per heavy atom. The molecule has 0 aliphatic carbocycles. The van der Waals surface area contributed by atoms with E-state index in [9.17, 15) is 0 Å². The van der Waals surface area contributed by atoms with Gasteiger partial charge in [0.05, 0.1) is 9.52 Å². The van der Waals surface area contributed by atoms with E-state index >= 15 is 0 Å². The zero-order chi connectivity index (χ0) is 27.3. The molecule has 0 bridgehead atoms. The van der Waals surface area contributed by atoms with Crippen molar-refractivity contribution >= 4 is 47.7 Å². The predicted octanol–water partition coefficient (Wildman–Crippen LogP) is 9.15. The molecule has 0 amide bonds. The van der Waals surface area contributed by atoms with Gasteiger partial charge >= 0.3 is 37.9 Å². The minimum Gasteiger partial charge on any atom is -0.184 e. The largest absolute Gasteiger partial charge is 0.184 e. The second-order valence-corrected chi connectivity index (χ2v) is 15.8. The minimum atomic E-state index is -0.826. The number of fused-ring (bicyclic) bond motifs is 4. The molecule has 1 aliphatic heterocycles. The maximum absolute atomic E-state index is 4.93. The monoisotopic (exact) mass is 628 g/mol. The van der Waals surface area contributed by atoms with Gasteiger partial charge in [0.15, 0.2) is 0 Å². The van der Waals surface area contributed by atoms with Crippen molar-refractivity contribution < 1.29 is 20.8 Å². The van der Waals surface area contributed by atoms with Crippen molar-refractivity contribution in [3.8, 4) is 22.3 Å². The van der Waals surface area contributed by atoms with E-state index in [1.807, 2.05) is 6.07 Å². The molecule has 0 spiro atoms. The van der Waals surface area contributed by atoms with Gasteiger partial charge in [0, 0.05) is 0 Å². The Labute approximate surface area is 249 Å². The zero-order valence-corrected chi connectivity index (χ0v) is 27.5. The summed E-state index contributed by atoms with van der Waals surface area (Å²) in [5.41, 5.74) is 8.47. The van der Waals surface area contributed by atoms with Crippen LogP contribution in [0.25, 0.3) is 33.0 Å². The van der Waals surface area contributed by atoms with Gasteiger partial charge in [0.1, 0.15) is 0 Å². The maximum Gasteiger partial charge on any atom is 0.0920 e. The number of hydrogen-bond acceptors (Lipinski definition) is 0. The summed E-state index contributed by atoms with van der Waals surface area (Å²) < 4.78 is 0. The quantitative estimate of drug-likeness (QED) is 0.132. The molecule has 1 heterocycles. The minimum absolute atomic E-state index is 0.134. The summed E-state index contributed by atoms with van der Waals surface area (Å²) in [6, 6.07) is 38.3. The van der Waals surface area contributed by atoms with Crippen molar-refractivity contribution in [2.45, 2.75) is 46.0 Å². The van der Waals surface area contributed by atoms with Crippen LogP contribution in [-0.2, 0) is 26.3 Å². The van der Waals surface area contributed by atoms with Crippen molar-refractivity contribution in [1.82, 2.24) is 0 Å². The van der Waals surface area contributed by atoms with Gasteiger partial charge in [-0.1, -0.05) is 111 Å². The first-order chi connectivity index (χ1) is 18.2. The fraction of sp³-hybridized carbons (Fsp3) is 0.206. The van der Waals surface area contributed by atoms with Gasteiger partial charge in [-0.25, -0.2) is 0 Å². The molecule has 0 aromatic heterocycles.